The molecule has 2 amide bonds. The Bertz CT molecular complexity index is 1380. The summed E-state index contributed by atoms with van der Waals surface area (Å²) in [7, 11) is 0. The Morgan fingerprint density at radius 2 is 1.63 bits per heavy atom. The minimum Gasteiger partial charge on any atom is -0.454 e. The van der Waals surface area contributed by atoms with Crippen LogP contribution in [0.25, 0.3) is 0 Å². The molecule has 0 saturated carbocycles. The second-order valence-electron chi connectivity index (χ2n) is 7.29. The number of amides is 2. The van der Waals surface area contributed by atoms with Crippen LogP contribution in [-0.4, -0.2) is 21.8 Å². The SMILES string of the molecule is CC(=O)Nc1cc(Oc2ccc(Nc3ncccc3C(=O)Nc3ccc(F)cc3)cc2F)ccn1. The minimum absolute atomic E-state index is 0.0502. The average molecular weight is 475 g/mol. The summed E-state index contributed by atoms with van der Waals surface area (Å²) in [5, 5.41) is 8.11. The maximum Gasteiger partial charge on any atom is 0.259 e. The van der Waals surface area contributed by atoms with Gasteiger partial charge in [-0.15, -0.1) is 0 Å². The maximum absolute atomic E-state index is 14.7. The fraction of sp³-hybridized carbons (Fsp3) is 0.0400. The number of benzene rings is 2. The summed E-state index contributed by atoms with van der Waals surface area (Å²) in [5.41, 5.74) is 0.953. The molecule has 0 aliphatic heterocycles. The number of halogens is 2. The zero-order chi connectivity index (χ0) is 24.8. The van der Waals surface area contributed by atoms with E-state index in [1.165, 1.54) is 67.8 Å². The van der Waals surface area contributed by atoms with E-state index >= 15 is 0 Å². The van der Waals surface area contributed by atoms with Crippen LogP contribution in [0.1, 0.15) is 17.3 Å². The molecule has 0 aliphatic rings. The Balaban J connectivity index is 1.49. The highest BCUT2D eigenvalue weighted by Gasteiger charge is 2.14. The van der Waals surface area contributed by atoms with Crippen LogP contribution in [0.4, 0.5) is 31.8 Å². The van der Waals surface area contributed by atoms with Gasteiger partial charge >= 0.3 is 0 Å². The summed E-state index contributed by atoms with van der Waals surface area (Å²) in [4.78, 5) is 32.1. The van der Waals surface area contributed by atoms with Crippen molar-refractivity contribution in [2.45, 2.75) is 6.92 Å². The van der Waals surface area contributed by atoms with Gasteiger partial charge in [-0.25, -0.2) is 18.7 Å². The van der Waals surface area contributed by atoms with E-state index in [2.05, 4.69) is 25.9 Å². The van der Waals surface area contributed by atoms with Gasteiger partial charge in [0.25, 0.3) is 5.91 Å². The number of hydrogen-bond acceptors (Lipinski definition) is 6. The van der Waals surface area contributed by atoms with Crippen LogP contribution >= 0.6 is 0 Å². The number of rotatable bonds is 7. The van der Waals surface area contributed by atoms with Crippen molar-refractivity contribution >= 4 is 34.8 Å². The number of aromatic nitrogens is 2. The van der Waals surface area contributed by atoms with Gasteiger partial charge in [-0.3, -0.25) is 9.59 Å². The molecule has 10 heteroatoms. The average Bonchev–Trinajstić information content (AvgIpc) is 2.82. The molecule has 0 bridgehead atoms. The van der Waals surface area contributed by atoms with E-state index in [0.717, 1.165) is 0 Å². The third-order valence-electron chi connectivity index (χ3n) is 4.61. The second kappa shape index (κ2) is 10.4. The molecule has 4 rings (SSSR count). The lowest BCUT2D eigenvalue weighted by Gasteiger charge is -2.13. The van der Waals surface area contributed by atoms with Crippen molar-refractivity contribution in [1.82, 2.24) is 9.97 Å². The molecule has 0 aliphatic carbocycles. The molecule has 2 heterocycles. The molecule has 8 nitrogen and oxygen atoms in total. The Kier molecular flexibility index (Phi) is 6.91. The number of pyridine rings is 2. The normalized spacial score (nSPS) is 10.4. The lowest BCUT2D eigenvalue weighted by atomic mass is 10.2. The number of nitrogens with zero attached hydrogens (tertiary/aromatic N) is 2. The highest BCUT2D eigenvalue weighted by Crippen LogP contribution is 2.29. The number of nitrogens with one attached hydrogen (secondary N) is 3. The number of carbonyl (C=O) groups excluding carboxylic acids is 2. The highest BCUT2D eigenvalue weighted by atomic mass is 19.1. The monoisotopic (exact) mass is 475 g/mol. The summed E-state index contributed by atoms with van der Waals surface area (Å²) in [6.07, 6.45) is 2.91. The predicted molar refractivity (Wildman–Crippen MR) is 127 cm³/mol. The first-order valence-corrected chi connectivity index (χ1v) is 10.4. The molecule has 0 fully saturated rings. The van der Waals surface area contributed by atoms with Crippen LogP contribution in [0.15, 0.2) is 79.1 Å². The fourth-order valence-electron chi connectivity index (χ4n) is 3.07. The standard InChI is InChI=1S/C25H19F2N5O3/c1-15(33)30-23-14-19(10-12-28-23)35-22-9-8-18(13-21(22)27)31-24-20(3-2-11-29-24)25(34)32-17-6-4-16(26)5-7-17/h2-14H,1H3,(H,29,31)(H,32,34)(H,28,30,33). The molecule has 3 N–H and O–H groups in total. The van der Waals surface area contributed by atoms with Crippen LogP contribution in [0.3, 0.4) is 0 Å². The fourth-order valence-corrected chi connectivity index (χ4v) is 3.07. The lowest BCUT2D eigenvalue weighted by molar-refractivity contribution is -0.114. The molecule has 35 heavy (non-hydrogen) atoms. The summed E-state index contributed by atoms with van der Waals surface area (Å²) < 4.78 is 33.4. The Morgan fingerprint density at radius 3 is 2.37 bits per heavy atom. The van der Waals surface area contributed by atoms with Crippen molar-refractivity contribution in [2.24, 2.45) is 0 Å². The third-order valence-corrected chi connectivity index (χ3v) is 4.61. The third kappa shape index (κ3) is 6.14. The number of ether oxygens (including phenoxy) is 1. The molecule has 4 aromatic rings. The first-order valence-electron chi connectivity index (χ1n) is 10.4. The van der Waals surface area contributed by atoms with Crippen LogP contribution in [0.5, 0.6) is 11.5 Å². The van der Waals surface area contributed by atoms with Crippen molar-refractivity contribution in [2.75, 3.05) is 16.0 Å². The van der Waals surface area contributed by atoms with E-state index in [0.29, 0.717) is 11.4 Å². The lowest BCUT2D eigenvalue weighted by Crippen LogP contribution is -2.14. The smallest absolute Gasteiger partial charge is 0.259 e. The number of carbonyl (C=O) groups is 2. The van der Waals surface area contributed by atoms with Crippen LogP contribution in [0.2, 0.25) is 0 Å². The van der Waals surface area contributed by atoms with Crippen molar-refractivity contribution in [1.29, 1.82) is 0 Å². The Labute approximate surface area is 199 Å². The van der Waals surface area contributed by atoms with Gasteiger partial charge in [-0.1, -0.05) is 0 Å². The molecule has 0 atom stereocenters. The molecule has 0 radical (unpaired) electrons. The molecule has 2 aromatic carbocycles. The first kappa shape index (κ1) is 23.3. The van der Waals surface area contributed by atoms with E-state index in [1.54, 1.807) is 18.2 Å². The summed E-state index contributed by atoms with van der Waals surface area (Å²) in [5.74, 6) is -1.14. The van der Waals surface area contributed by atoms with E-state index in [4.69, 9.17) is 4.74 Å². The van der Waals surface area contributed by atoms with Gasteiger partial charge in [0.2, 0.25) is 5.91 Å². The van der Waals surface area contributed by atoms with E-state index in [9.17, 15) is 18.4 Å². The molecule has 0 saturated heterocycles. The summed E-state index contributed by atoms with van der Waals surface area (Å²) >= 11 is 0. The van der Waals surface area contributed by atoms with Gasteiger partial charge in [0, 0.05) is 42.8 Å². The van der Waals surface area contributed by atoms with Gasteiger partial charge in [-0.05, 0) is 54.6 Å². The predicted octanol–water partition coefficient (Wildman–Crippen LogP) is 5.50. The number of anilines is 4. The maximum atomic E-state index is 14.7. The molecule has 0 spiro atoms. The molecule has 2 aromatic heterocycles. The second-order valence-corrected chi connectivity index (χ2v) is 7.29. The van der Waals surface area contributed by atoms with Gasteiger partial charge in [0.05, 0.1) is 5.56 Å². The van der Waals surface area contributed by atoms with Gasteiger partial charge in [0.15, 0.2) is 11.6 Å². The van der Waals surface area contributed by atoms with E-state index in [-0.39, 0.29) is 34.6 Å². The first-order chi connectivity index (χ1) is 16.9. The number of hydrogen-bond donors (Lipinski definition) is 3. The Morgan fingerprint density at radius 1 is 0.857 bits per heavy atom. The highest BCUT2D eigenvalue weighted by molar-refractivity contribution is 6.07. The summed E-state index contributed by atoms with van der Waals surface area (Å²) in [6, 6.07) is 15.6. The van der Waals surface area contributed by atoms with E-state index in [1.807, 2.05) is 0 Å². The van der Waals surface area contributed by atoms with Gasteiger partial charge in [-0.2, -0.15) is 0 Å². The Hall–Kier alpha value is -4.86. The zero-order valence-corrected chi connectivity index (χ0v) is 18.4. The molecule has 0 unspecified atom stereocenters. The molecule has 176 valence electrons. The van der Waals surface area contributed by atoms with Crippen molar-refractivity contribution in [3.8, 4) is 11.5 Å². The topological polar surface area (TPSA) is 105 Å². The molecular formula is C25H19F2N5O3. The van der Waals surface area contributed by atoms with Crippen LogP contribution in [-0.2, 0) is 4.79 Å². The van der Waals surface area contributed by atoms with Crippen molar-refractivity contribution < 1.29 is 23.1 Å². The van der Waals surface area contributed by atoms with Crippen LogP contribution < -0.4 is 20.7 Å². The quantitative estimate of drug-likeness (QED) is 0.326. The van der Waals surface area contributed by atoms with Crippen molar-refractivity contribution in [3.05, 3.63) is 96.3 Å². The largest absolute Gasteiger partial charge is 0.454 e. The van der Waals surface area contributed by atoms with Crippen LogP contribution in [0, 0.1) is 11.6 Å². The minimum atomic E-state index is -0.666. The summed E-state index contributed by atoms with van der Waals surface area (Å²) in [6.45, 7) is 1.35. The van der Waals surface area contributed by atoms with Gasteiger partial charge in [0.1, 0.15) is 23.2 Å². The van der Waals surface area contributed by atoms with Gasteiger partial charge < -0.3 is 20.7 Å². The van der Waals surface area contributed by atoms with E-state index < -0.39 is 17.5 Å². The molecular weight excluding hydrogens is 456 g/mol. The van der Waals surface area contributed by atoms with Crippen molar-refractivity contribution in [3.63, 3.8) is 0 Å². The zero-order valence-electron chi connectivity index (χ0n) is 18.4.